The molecule has 9 heteroatoms. The number of hydrogen-bond acceptors (Lipinski definition) is 7. The lowest BCUT2D eigenvalue weighted by atomic mass is 9.82. The number of carbonyl (C=O) groups is 1. The van der Waals surface area contributed by atoms with Gasteiger partial charge < -0.3 is 15.2 Å². The van der Waals surface area contributed by atoms with Crippen LogP contribution in [0.2, 0.25) is 5.02 Å². The van der Waals surface area contributed by atoms with Crippen LogP contribution in [0.4, 0.5) is 5.69 Å². The van der Waals surface area contributed by atoms with Crippen molar-refractivity contribution in [2.24, 2.45) is 5.73 Å². The van der Waals surface area contributed by atoms with E-state index >= 15 is 0 Å². The smallest absolute Gasteiger partial charge is 0.338 e. The predicted octanol–water partition coefficient (Wildman–Crippen LogP) is 4.03. The van der Waals surface area contributed by atoms with Crippen LogP contribution in [0.25, 0.3) is 5.76 Å². The third-order valence-electron chi connectivity index (χ3n) is 4.44. The largest absolute Gasteiger partial charge is 0.463 e. The van der Waals surface area contributed by atoms with E-state index in [0.29, 0.717) is 10.6 Å². The molecule has 8 nitrogen and oxygen atoms in total. The maximum atomic E-state index is 12.9. The standard InChI is InChI=1S/C21H16ClN3O5/c1-2-29-21(26)18-17(12-6-8-14(22)9-7-12)16(11-23)20(24)30-19(18)13-4-3-5-15(10-13)25(27)28/h3-10,17H,2,24H2,1H3. The molecule has 3 rings (SSSR count). The normalized spacial score (nSPS) is 16.0. The molecule has 0 spiro atoms. The maximum absolute atomic E-state index is 12.9. The molecule has 0 amide bonds. The zero-order chi connectivity index (χ0) is 21.8. The number of nitrogens with zero attached hydrogens (tertiary/aromatic N) is 2. The lowest BCUT2D eigenvalue weighted by Crippen LogP contribution is -2.25. The summed E-state index contributed by atoms with van der Waals surface area (Å²) in [5.41, 5.74) is 6.67. The van der Waals surface area contributed by atoms with Gasteiger partial charge in [-0.25, -0.2) is 4.79 Å². The zero-order valence-corrected chi connectivity index (χ0v) is 16.6. The van der Waals surface area contributed by atoms with Gasteiger partial charge in [0.25, 0.3) is 5.69 Å². The van der Waals surface area contributed by atoms with Crippen LogP contribution in [0.15, 0.2) is 65.6 Å². The minimum atomic E-state index is -0.894. The van der Waals surface area contributed by atoms with Gasteiger partial charge in [-0.3, -0.25) is 10.1 Å². The van der Waals surface area contributed by atoms with Crippen molar-refractivity contribution in [3.05, 3.63) is 91.8 Å². The average molecular weight is 426 g/mol. The minimum absolute atomic E-state index is 0.00593. The molecule has 2 aromatic rings. The second kappa shape index (κ2) is 8.68. The number of nitro benzene ring substituents is 1. The van der Waals surface area contributed by atoms with Gasteiger partial charge in [-0.15, -0.1) is 0 Å². The van der Waals surface area contributed by atoms with Gasteiger partial charge in [-0.2, -0.15) is 5.26 Å². The van der Waals surface area contributed by atoms with Crippen molar-refractivity contribution in [3.63, 3.8) is 0 Å². The quantitative estimate of drug-likeness (QED) is 0.435. The van der Waals surface area contributed by atoms with Crippen LogP contribution in [-0.4, -0.2) is 17.5 Å². The van der Waals surface area contributed by atoms with E-state index in [-0.39, 0.29) is 40.6 Å². The fourth-order valence-electron chi connectivity index (χ4n) is 3.14. The van der Waals surface area contributed by atoms with E-state index in [2.05, 4.69) is 0 Å². The van der Waals surface area contributed by atoms with Crippen LogP contribution in [0.1, 0.15) is 24.0 Å². The number of hydrogen-bond donors (Lipinski definition) is 1. The van der Waals surface area contributed by atoms with Gasteiger partial charge in [0.15, 0.2) is 0 Å². The molecule has 1 atom stereocenters. The minimum Gasteiger partial charge on any atom is -0.463 e. The SMILES string of the molecule is CCOC(=O)C1=C(c2cccc([N+](=O)[O-])c2)OC(N)=C(C#N)C1c1ccc(Cl)cc1. The van der Waals surface area contributed by atoms with Gasteiger partial charge in [0.2, 0.25) is 5.88 Å². The van der Waals surface area contributed by atoms with E-state index in [9.17, 15) is 20.2 Å². The fourth-order valence-corrected chi connectivity index (χ4v) is 3.27. The van der Waals surface area contributed by atoms with Crippen LogP contribution in [0, 0.1) is 21.4 Å². The fraction of sp³-hybridized carbons (Fsp3) is 0.143. The second-order valence-electron chi connectivity index (χ2n) is 6.25. The topological polar surface area (TPSA) is 128 Å². The molecule has 0 aliphatic carbocycles. The number of rotatable bonds is 5. The van der Waals surface area contributed by atoms with Gasteiger partial charge >= 0.3 is 5.97 Å². The maximum Gasteiger partial charge on any atom is 0.338 e. The summed E-state index contributed by atoms with van der Waals surface area (Å²) >= 11 is 5.98. The van der Waals surface area contributed by atoms with Crippen molar-refractivity contribution >= 4 is 29.0 Å². The van der Waals surface area contributed by atoms with Gasteiger partial charge in [-0.05, 0) is 24.6 Å². The van der Waals surface area contributed by atoms with Crippen LogP contribution < -0.4 is 5.73 Å². The van der Waals surface area contributed by atoms with E-state index < -0.39 is 16.8 Å². The van der Waals surface area contributed by atoms with Gasteiger partial charge in [0.05, 0.1) is 23.0 Å². The van der Waals surface area contributed by atoms with E-state index in [4.69, 9.17) is 26.8 Å². The lowest BCUT2D eigenvalue weighted by Gasteiger charge is -2.28. The predicted molar refractivity (Wildman–Crippen MR) is 109 cm³/mol. The molecule has 1 aliphatic heterocycles. The Labute approximate surface area is 176 Å². The first kappa shape index (κ1) is 20.9. The summed E-state index contributed by atoms with van der Waals surface area (Å²) in [6.45, 7) is 1.72. The van der Waals surface area contributed by atoms with Crippen LogP contribution in [0.5, 0.6) is 0 Å². The summed E-state index contributed by atoms with van der Waals surface area (Å²) in [5.74, 6) is -1.82. The van der Waals surface area contributed by atoms with Crippen molar-refractivity contribution in [2.75, 3.05) is 6.61 Å². The Morgan fingerprint density at radius 3 is 2.63 bits per heavy atom. The highest BCUT2D eigenvalue weighted by molar-refractivity contribution is 6.30. The van der Waals surface area contributed by atoms with Gasteiger partial charge in [0.1, 0.15) is 17.4 Å². The Morgan fingerprint density at radius 2 is 2.03 bits per heavy atom. The van der Waals surface area contributed by atoms with Gasteiger partial charge in [-0.1, -0.05) is 35.9 Å². The molecule has 30 heavy (non-hydrogen) atoms. The zero-order valence-electron chi connectivity index (χ0n) is 15.8. The first-order valence-electron chi connectivity index (χ1n) is 8.86. The first-order chi connectivity index (χ1) is 14.4. The Bertz CT molecular complexity index is 1120. The monoisotopic (exact) mass is 425 g/mol. The molecule has 152 valence electrons. The molecular formula is C21H16ClN3O5. The molecule has 0 fully saturated rings. The number of nitrogens with two attached hydrogens (primary N) is 1. The van der Waals surface area contributed by atoms with E-state index in [1.807, 2.05) is 6.07 Å². The number of allylic oxidation sites excluding steroid dienone is 1. The first-order valence-corrected chi connectivity index (χ1v) is 9.24. The third kappa shape index (κ3) is 3.97. The van der Waals surface area contributed by atoms with Crippen molar-refractivity contribution < 1.29 is 19.2 Å². The molecule has 1 heterocycles. The molecule has 0 bridgehead atoms. The van der Waals surface area contributed by atoms with E-state index in [1.165, 1.54) is 18.2 Å². The summed E-state index contributed by atoms with van der Waals surface area (Å²) in [5, 5.41) is 21.4. The average Bonchev–Trinajstić information content (AvgIpc) is 2.73. The Kier molecular flexibility index (Phi) is 6.04. The van der Waals surface area contributed by atoms with Crippen molar-refractivity contribution in [1.82, 2.24) is 0 Å². The Balaban J connectivity index is 2.29. The molecule has 0 saturated carbocycles. The molecule has 1 aliphatic rings. The summed E-state index contributed by atoms with van der Waals surface area (Å²) in [7, 11) is 0. The Morgan fingerprint density at radius 1 is 1.33 bits per heavy atom. The number of nitro groups is 1. The number of esters is 1. The number of carbonyl (C=O) groups excluding carboxylic acids is 1. The van der Waals surface area contributed by atoms with Crippen molar-refractivity contribution in [2.45, 2.75) is 12.8 Å². The highest BCUT2D eigenvalue weighted by Crippen LogP contribution is 2.43. The highest BCUT2D eigenvalue weighted by atomic mass is 35.5. The van der Waals surface area contributed by atoms with Crippen LogP contribution in [0.3, 0.4) is 0 Å². The van der Waals surface area contributed by atoms with Crippen LogP contribution >= 0.6 is 11.6 Å². The molecule has 1 unspecified atom stereocenters. The van der Waals surface area contributed by atoms with Crippen LogP contribution in [-0.2, 0) is 14.3 Å². The van der Waals surface area contributed by atoms with Crippen molar-refractivity contribution in [3.8, 4) is 6.07 Å². The van der Waals surface area contributed by atoms with E-state index in [1.54, 1.807) is 37.3 Å². The molecular weight excluding hydrogens is 410 g/mol. The Hall–Kier alpha value is -3.83. The number of ether oxygens (including phenoxy) is 2. The molecule has 2 aromatic carbocycles. The highest BCUT2D eigenvalue weighted by Gasteiger charge is 2.38. The van der Waals surface area contributed by atoms with E-state index in [0.717, 1.165) is 0 Å². The second-order valence-corrected chi connectivity index (χ2v) is 6.68. The third-order valence-corrected chi connectivity index (χ3v) is 4.69. The summed E-state index contributed by atoms with van der Waals surface area (Å²) in [6, 6.07) is 14.1. The lowest BCUT2D eigenvalue weighted by molar-refractivity contribution is -0.384. The van der Waals surface area contributed by atoms with Gasteiger partial charge in [0, 0.05) is 22.7 Å². The number of nitriles is 1. The summed E-state index contributed by atoms with van der Waals surface area (Å²) in [4.78, 5) is 23.6. The number of halogens is 1. The summed E-state index contributed by atoms with van der Waals surface area (Å²) < 4.78 is 10.8. The summed E-state index contributed by atoms with van der Waals surface area (Å²) in [6.07, 6.45) is 0. The number of non-ortho nitro benzene ring substituents is 1. The van der Waals surface area contributed by atoms with Crippen molar-refractivity contribution in [1.29, 1.82) is 5.26 Å². The molecule has 0 saturated heterocycles. The molecule has 0 radical (unpaired) electrons. The number of benzene rings is 2. The molecule has 0 aromatic heterocycles. The molecule has 2 N–H and O–H groups in total.